The molecule has 3 heterocycles. The monoisotopic (exact) mass is 394 g/mol. The highest BCUT2D eigenvalue weighted by Gasteiger charge is 2.23. The van der Waals surface area contributed by atoms with Gasteiger partial charge in [-0.05, 0) is 51.7 Å². The van der Waals surface area contributed by atoms with E-state index in [0.29, 0.717) is 0 Å². The van der Waals surface area contributed by atoms with Crippen LogP contribution >= 0.6 is 0 Å². The van der Waals surface area contributed by atoms with Crippen LogP contribution in [0.15, 0.2) is 36.9 Å². The van der Waals surface area contributed by atoms with Gasteiger partial charge in [0.1, 0.15) is 5.60 Å². The lowest BCUT2D eigenvalue weighted by molar-refractivity contribution is 0.0511. The van der Waals surface area contributed by atoms with Crippen LogP contribution in [0.3, 0.4) is 0 Å². The summed E-state index contributed by atoms with van der Waals surface area (Å²) < 4.78 is 9.00. The topological polar surface area (TPSA) is 86.3 Å². The van der Waals surface area contributed by atoms with Crippen molar-refractivity contribution in [3.05, 3.63) is 42.6 Å². The minimum absolute atomic E-state index is 0.0829. The number of ether oxygens (including phenoxy) is 1. The first-order valence-corrected chi connectivity index (χ1v) is 9.82. The van der Waals surface area contributed by atoms with Crippen LogP contribution in [0.1, 0.15) is 45.7 Å². The molecule has 152 valence electrons. The predicted octanol–water partition coefficient (Wildman–Crippen LogP) is 3.59. The van der Waals surface area contributed by atoms with Crippen LogP contribution < -0.4 is 5.32 Å². The molecule has 0 aliphatic heterocycles. The second-order valence-corrected chi connectivity index (χ2v) is 8.38. The molecule has 0 aromatic carbocycles. The molecule has 0 bridgehead atoms. The lowest BCUT2D eigenvalue weighted by Crippen LogP contribution is -2.39. The van der Waals surface area contributed by atoms with E-state index in [-0.39, 0.29) is 6.04 Å². The summed E-state index contributed by atoms with van der Waals surface area (Å²) in [5.41, 5.74) is 4.17. The van der Waals surface area contributed by atoms with Crippen molar-refractivity contribution in [2.24, 2.45) is 7.05 Å². The van der Waals surface area contributed by atoms with E-state index in [9.17, 15) is 4.79 Å². The molecule has 8 heteroatoms. The molecule has 1 aliphatic carbocycles. The van der Waals surface area contributed by atoms with Gasteiger partial charge in [0.25, 0.3) is 0 Å². The number of alkyl carbamates (subject to hydrolysis) is 1. The Hall–Kier alpha value is -3.16. The molecule has 1 amide bonds. The standard InChI is InChI=1S/C21H26N6O2/c1-21(2,3)29-20(28)24-16-7-5-6-14(10-16)19-18-8-9-22-27(18)13-17(25-19)15-11-23-26(4)12-15/h8-13,16H,5-7H2,1-4H3,(H,24,28). The molecule has 3 aromatic heterocycles. The van der Waals surface area contributed by atoms with E-state index in [0.717, 1.165) is 47.3 Å². The van der Waals surface area contributed by atoms with E-state index in [1.165, 1.54) is 0 Å². The first-order valence-electron chi connectivity index (χ1n) is 9.82. The van der Waals surface area contributed by atoms with E-state index >= 15 is 0 Å². The minimum Gasteiger partial charge on any atom is -0.444 e. The number of rotatable bonds is 3. The van der Waals surface area contributed by atoms with Crippen molar-refractivity contribution in [1.29, 1.82) is 0 Å². The summed E-state index contributed by atoms with van der Waals surface area (Å²) in [5, 5.41) is 11.6. The van der Waals surface area contributed by atoms with Gasteiger partial charge in [-0.2, -0.15) is 10.2 Å². The van der Waals surface area contributed by atoms with Crippen molar-refractivity contribution >= 4 is 17.2 Å². The van der Waals surface area contributed by atoms with Gasteiger partial charge in [-0.15, -0.1) is 0 Å². The number of nitrogens with zero attached hydrogens (tertiary/aromatic N) is 5. The molecule has 1 unspecified atom stereocenters. The van der Waals surface area contributed by atoms with Gasteiger partial charge in [0.2, 0.25) is 0 Å². The molecule has 0 saturated heterocycles. The van der Waals surface area contributed by atoms with Crippen LogP contribution in [-0.4, -0.2) is 42.1 Å². The molecule has 1 aliphatic rings. The second kappa shape index (κ2) is 7.35. The highest BCUT2D eigenvalue weighted by Crippen LogP contribution is 2.30. The Morgan fingerprint density at radius 3 is 2.83 bits per heavy atom. The first kappa shape index (κ1) is 19.2. The average Bonchev–Trinajstić information content (AvgIpc) is 3.28. The zero-order chi connectivity index (χ0) is 20.6. The number of amides is 1. The predicted molar refractivity (Wildman–Crippen MR) is 110 cm³/mol. The molecular formula is C21H26N6O2. The van der Waals surface area contributed by atoms with Crippen molar-refractivity contribution in [2.45, 2.75) is 51.7 Å². The lowest BCUT2D eigenvalue weighted by atomic mass is 9.93. The molecule has 0 radical (unpaired) electrons. The van der Waals surface area contributed by atoms with Crippen molar-refractivity contribution in [1.82, 2.24) is 29.7 Å². The second-order valence-electron chi connectivity index (χ2n) is 8.38. The molecule has 0 spiro atoms. The van der Waals surface area contributed by atoms with Gasteiger partial charge in [0.05, 0.1) is 41.5 Å². The number of carbonyl (C=O) groups is 1. The maximum atomic E-state index is 12.2. The molecular weight excluding hydrogens is 368 g/mol. The fourth-order valence-electron chi connectivity index (χ4n) is 3.55. The normalized spacial score (nSPS) is 17.2. The Morgan fingerprint density at radius 1 is 1.28 bits per heavy atom. The van der Waals surface area contributed by atoms with Crippen LogP contribution in [0.25, 0.3) is 22.3 Å². The number of fused-ring (bicyclic) bond motifs is 1. The van der Waals surface area contributed by atoms with Crippen LogP contribution in [-0.2, 0) is 11.8 Å². The van der Waals surface area contributed by atoms with E-state index in [1.54, 1.807) is 17.1 Å². The van der Waals surface area contributed by atoms with Gasteiger partial charge < -0.3 is 10.1 Å². The summed E-state index contributed by atoms with van der Waals surface area (Å²) >= 11 is 0. The van der Waals surface area contributed by atoms with E-state index < -0.39 is 11.7 Å². The lowest BCUT2D eigenvalue weighted by Gasteiger charge is -2.25. The van der Waals surface area contributed by atoms with Crippen LogP contribution in [0.4, 0.5) is 4.79 Å². The summed E-state index contributed by atoms with van der Waals surface area (Å²) in [5.74, 6) is 0. The zero-order valence-corrected chi connectivity index (χ0v) is 17.2. The first-order chi connectivity index (χ1) is 13.8. The Bertz CT molecular complexity index is 1070. The van der Waals surface area contributed by atoms with Crippen molar-refractivity contribution < 1.29 is 9.53 Å². The van der Waals surface area contributed by atoms with Gasteiger partial charge in [-0.3, -0.25) is 4.68 Å². The van der Waals surface area contributed by atoms with Gasteiger partial charge in [0, 0.05) is 18.8 Å². The van der Waals surface area contributed by atoms with Crippen molar-refractivity contribution in [3.63, 3.8) is 0 Å². The number of carbonyl (C=O) groups excluding carboxylic acids is 1. The maximum Gasteiger partial charge on any atom is 0.408 e. The highest BCUT2D eigenvalue weighted by molar-refractivity contribution is 5.78. The Balaban J connectivity index is 1.67. The van der Waals surface area contributed by atoms with Crippen LogP contribution in [0, 0.1) is 0 Å². The average molecular weight is 394 g/mol. The molecule has 8 nitrogen and oxygen atoms in total. The van der Waals surface area contributed by atoms with Gasteiger partial charge in [-0.25, -0.2) is 14.3 Å². The third kappa shape index (κ3) is 4.31. The third-order valence-electron chi connectivity index (χ3n) is 4.76. The van der Waals surface area contributed by atoms with E-state index in [1.807, 2.05) is 50.8 Å². The third-order valence-corrected chi connectivity index (χ3v) is 4.76. The summed E-state index contributed by atoms with van der Waals surface area (Å²) in [7, 11) is 1.88. The van der Waals surface area contributed by atoms with E-state index in [2.05, 4.69) is 21.6 Å². The van der Waals surface area contributed by atoms with Gasteiger partial charge >= 0.3 is 6.09 Å². The molecule has 0 saturated carbocycles. The van der Waals surface area contributed by atoms with E-state index in [4.69, 9.17) is 9.72 Å². The molecule has 0 fully saturated rings. The summed E-state index contributed by atoms with van der Waals surface area (Å²) in [4.78, 5) is 17.1. The van der Waals surface area contributed by atoms with Crippen LogP contribution in [0.2, 0.25) is 0 Å². The Kier molecular flexibility index (Phi) is 4.86. The quantitative estimate of drug-likeness (QED) is 0.734. The molecule has 1 atom stereocenters. The maximum absolute atomic E-state index is 12.2. The van der Waals surface area contributed by atoms with Crippen molar-refractivity contribution in [2.75, 3.05) is 0 Å². The zero-order valence-electron chi connectivity index (χ0n) is 17.2. The van der Waals surface area contributed by atoms with Crippen LogP contribution in [0.5, 0.6) is 0 Å². The number of aryl methyl sites for hydroxylation is 1. The number of aromatic nitrogens is 5. The fraction of sp³-hybridized carbons (Fsp3) is 0.429. The summed E-state index contributed by atoms with van der Waals surface area (Å²) in [6, 6.07) is 1.88. The fourth-order valence-corrected chi connectivity index (χ4v) is 3.55. The number of allylic oxidation sites excluding steroid dienone is 1. The largest absolute Gasteiger partial charge is 0.444 e. The smallest absolute Gasteiger partial charge is 0.408 e. The number of hydrogen-bond donors (Lipinski definition) is 1. The van der Waals surface area contributed by atoms with Crippen molar-refractivity contribution in [3.8, 4) is 11.3 Å². The highest BCUT2D eigenvalue weighted by atomic mass is 16.6. The van der Waals surface area contributed by atoms with Gasteiger partial charge in [-0.1, -0.05) is 6.08 Å². The summed E-state index contributed by atoms with van der Waals surface area (Å²) in [6.07, 6.45) is 11.8. The molecule has 1 N–H and O–H groups in total. The molecule has 3 aromatic rings. The molecule has 29 heavy (non-hydrogen) atoms. The van der Waals surface area contributed by atoms with Gasteiger partial charge in [0.15, 0.2) is 0 Å². The summed E-state index contributed by atoms with van der Waals surface area (Å²) in [6.45, 7) is 5.58. The Morgan fingerprint density at radius 2 is 2.10 bits per heavy atom. The number of hydrogen-bond acceptors (Lipinski definition) is 5. The Labute approximate surface area is 169 Å². The molecule has 4 rings (SSSR count). The minimum atomic E-state index is -0.519. The number of nitrogens with one attached hydrogen (secondary N) is 1. The SMILES string of the molecule is Cn1cc(-c2cn3nccc3c(C3=CC(NC(=O)OC(C)(C)C)CCC3)n2)cn1.